The van der Waals surface area contributed by atoms with Gasteiger partial charge >= 0.3 is 0 Å². The van der Waals surface area contributed by atoms with Crippen LogP contribution in [0.25, 0.3) is 0 Å². The molecule has 2 rings (SSSR count). The number of nitrogens with one attached hydrogen (secondary N) is 1. The van der Waals surface area contributed by atoms with Gasteiger partial charge in [-0.15, -0.1) is 0 Å². The maximum absolute atomic E-state index is 12.5. The van der Waals surface area contributed by atoms with E-state index < -0.39 is 0 Å². The summed E-state index contributed by atoms with van der Waals surface area (Å²) >= 11 is 0. The number of piperidine rings is 1. The molecule has 0 unspecified atom stereocenters. The van der Waals surface area contributed by atoms with Crippen molar-refractivity contribution >= 4 is 11.8 Å². The SMILES string of the molecule is CC(=O)N1CCC[C@H](C(=O)NC[C@H](c2ccccc2)C(C)C)C1. The molecule has 2 atom stereocenters. The topological polar surface area (TPSA) is 49.4 Å². The van der Waals surface area contributed by atoms with E-state index in [9.17, 15) is 9.59 Å². The average Bonchev–Trinajstić information content (AvgIpc) is 2.55. The fraction of sp³-hybridized carbons (Fsp3) is 0.579. The summed E-state index contributed by atoms with van der Waals surface area (Å²) in [5.41, 5.74) is 1.26. The summed E-state index contributed by atoms with van der Waals surface area (Å²) in [6.45, 7) is 7.92. The molecule has 0 spiro atoms. The average molecular weight is 316 g/mol. The summed E-state index contributed by atoms with van der Waals surface area (Å²) in [7, 11) is 0. The van der Waals surface area contributed by atoms with Gasteiger partial charge in [-0.05, 0) is 24.3 Å². The highest BCUT2D eigenvalue weighted by Crippen LogP contribution is 2.24. The van der Waals surface area contributed by atoms with Crippen LogP contribution in [0.3, 0.4) is 0 Å². The van der Waals surface area contributed by atoms with Gasteiger partial charge in [0.25, 0.3) is 0 Å². The second-order valence-corrected chi connectivity index (χ2v) is 6.81. The number of rotatable bonds is 5. The van der Waals surface area contributed by atoms with Crippen molar-refractivity contribution in [3.63, 3.8) is 0 Å². The van der Waals surface area contributed by atoms with Crippen LogP contribution in [0, 0.1) is 11.8 Å². The van der Waals surface area contributed by atoms with E-state index in [4.69, 9.17) is 0 Å². The quantitative estimate of drug-likeness (QED) is 0.908. The van der Waals surface area contributed by atoms with Crippen LogP contribution in [0.1, 0.15) is 45.1 Å². The van der Waals surface area contributed by atoms with E-state index in [2.05, 4.69) is 31.3 Å². The van der Waals surface area contributed by atoms with Gasteiger partial charge in [0.2, 0.25) is 11.8 Å². The number of carbonyl (C=O) groups is 2. The smallest absolute Gasteiger partial charge is 0.224 e. The Morgan fingerprint density at radius 3 is 2.57 bits per heavy atom. The minimum Gasteiger partial charge on any atom is -0.355 e. The highest BCUT2D eigenvalue weighted by atomic mass is 16.2. The van der Waals surface area contributed by atoms with Gasteiger partial charge in [0.1, 0.15) is 0 Å². The lowest BCUT2D eigenvalue weighted by atomic mass is 9.88. The molecular formula is C19H28N2O2. The van der Waals surface area contributed by atoms with Gasteiger partial charge in [-0.1, -0.05) is 44.2 Å². The van der Waals surface area contributed by atoms with E-state index in [1.807, 2.05) is 18.2 Å². The Kier molecular flexibility index (Phi) is 6.20. The van der Waals surface area contributed by atoms with Crippen LogP contribution in [0.15, 0.2) is 30.3 Å². The number of benzene rings is 1. The van der Waals surface area contributed by atoms with Gasteiger partial charge in [-0.25, -0.2) is 0 Å². The standard InChI is InChI=1S/C19H28N2O2/c1-14(2)18(16-8-5-4-6-9-16)12-20-19(23)17-10-7-11-21(13-17)15(3)22/h4-6,8-9,14,17-18H,7,10-13H2,1-3H3,(H,20,23)/t17-,18-/m0/s1. The third-order valence-corrected chi connectivity index (χ3v) is 4.77. The summed E-state index contributed by atoms with van der Waals surface area (Å²) in [6, 6.07) is 10.3. The molecule has 4 nitrogen and oxygen atoms in total. The molecule has 1 fully saturated rings. The number of nitrogens with zero attached hydrogens (tertiary/aromatic N) is 1. The molecule has 1 aliphatic heterocycles. The molecule has 4 heteroatoms. The van der Waals surface area contributed by atoms with Gasteiger partial charge in [-0.2, -0.15) is 0 Å². The Balaban J connectivity index is 1.93. The van der Waals surface area contributed by atoms with Crippen molar-refractivity contribution in [3.8, 4) is 0 Å². The zero-order valence-electron chi connectivity index (χ0n) is 14.4. The first-order valence-electron chi connectivity index (χ1n) is 8.57. The fourth-order valence-electron chi connectivity index (χ4n) is 3.27. The van der Waals surface area contributed by atoms with E-state index in [1.165, 1.54) is 5.56 Å². The first-order valence-corrected chi connectivity index (χ1v) is 8.57. The predicted octanol–water partition coefficient (Wildman–Crippen LogP) is 2.80. The Morgan fingerprint density at radius 1 is 1.26 bits per heavy atom. The summed E-state index contributed by atoms with van der Waals surface area (Å²) in [4.78, 5) is 25.8. The molecule has 0 saturated carbocycles. The molecule has 0 aliphatic carbocycles. The Labute approximate surface area is 139 Å². The summed E-state index contributed by atoms with van der Waals surface area (Å²) in [6.07, 6.45) is 1.78. The zero-order valence-corrected chi connectivity index (χ0v) is 14.4. The van der Waals surface area contributed by atoms with E-state index in [-0.39, 0.29) is 17.7 Å². The molecule has 1 heterocycles. The van der Waals surface area contributed by atoms with Gasteiger partial charge < -0.3 is 10.2 Å². The van der Waals surface area contributed by atoms with Crippen molar-refractivity contribution < 1.29 is 9.59 Å². The van der Waals surface area contributed by atoms with E-state index in [1.54, 1.807) is 11.8 Å². The largest absolute Gasteiger partial charge is 0.355 e. The first kappa shape index (κ1) is 17.5. The summed E-state index contributed by atoms with van der Waals surface area (Å²) in [5, 5.41) is 3.11. The zero-order chi connectivity index (χ0) is 16.8. The molecule has 0 aromatic heterocycles. The van der Waals surface area contributed by atoms with Crippen LogP contribution in [0.5, 0.6) is 0 Å². The van der Waals surface area contributed by atoms with Gasteiger partial charge in [-0.3, -0.25) is 9.59 Å². The third kappa shape index (κ3) is 4.81. The predicted molar refractivity (Wildman–Crippen MR) is 92.0 cm³/mol. The molecule has 1 aromatic rings. The molecule has 2 amide bonds. The van der Waals surface area contributed by atoms with Crippen LogP contribution in [0.2, 0.25) is 0 Å². The van der Waals surface area contributed by atoms with E-state index in [0.29, 0.717) is 24.9 Å². The van der Waals surface area contributed by atoms with E-state index >= 15 is 0 Å². The molecule has 1 aliphatic rings. The molecule has 1 N–H and O–H groups in total. The molecule has 1 saturated heterocycles. The van der Waals surface area contributed by atoms with Crippen LogP contribution < -0.4 is 5.32 Å². The van der Waals surface area contributed by atoms with Crippen molar-refractivity contribution in [1.29, 1.82) is 0 Å². The minimum atomic E-state index is -0.0729. The normalized spacial score (nSPS) is 19.5. The first-order chi connectivity index (χ1) is 11.0. The monoisotopic (exact) mass is 316 g/mol. The van der Waals surface area contributed by atoms with Gasteiger partial charge in [0.15, 0.2) is 0 Å². The fourth-order valence-corrected chi connectivity index (χ4v) is 3.27. The maximum Gasteiger partial charge on any atom is 0.224 e. The lowest BCUT2D eigenvalue weighted by Crippen LogP contribution is -2.45. The maximum atomic E-state index is 12.5. The van der Waals surface area contributed by atoms with Crippen molar-refractivity contribution in [2.24, 2.45) is 11.8 Å². The Hall–Kier alpha value is -1.84. The van der Waals surface area contributed by atoms with E-state index in [0.717, 1.165) is 19.4 Å². The van der Waals surface area contributed by atoms with Crippen molar-refractivity contribution in [3.05, 3.63) is 35.9 Å². The third-order valence-electron chi connectivity index (χ3n) is 4.77. The molecule has 0 radical (unpaired) electrons. The molecule has 1 aromatic carbocycles. The summed E-state index contributed by atoms with van der Waals surface area (Å²) in [5.74, 6) is 0.839. The molecule has 23 heavy (non-hydrogen) atoms. The van der Waals surface area contributed by atoms with Crippen LogP contribution >= 0.6 is 0 Å². The van der Waals surface area contributed by atoms with Gasteiger partial charge in [0, 0.05) is 32.5 Å². The highest BCUT2D eigenvalue weighted by Gasteiger charge is 2.27. The van der Waals surface area contributed by atoms with Crippen LogP contribution in [-0.4, -0.2) is 36.3 Å². The Morgan fingerprint density at radius 2 is 1.96 bits per heavy atom. The second-order valence-electron chi connectivity index (χ2n) is 6.81. The number of hydrogen-bond donors (Lipinski definition) is 1. The lowest BCUT2D eigenvalue weighted by molar-refractivity contribution is -0.134. The molecule has 126 valence electrons. The minimum absolute atomic E-state index is 0.0619. The van der Waals surface area contributed by atoms with Gasteiger partial charge in [0.05, 0.1) is 5.92 Å². The highest BCUT2D eigenvalue weighted by molar-refractivity contribution is 5.80. The van der Waals surface area contributed by atoms with Crippen molar-refractivity contribution in [2.75, 3.05) is 19.6 Å². The number of likely N-dealkylation sites (tertiary alicyclic amines) is 1. The molecular weight excluding hydrogens is 288 g/mol. The number of carbonyl (C=O) groups excluding carboxylic acids is 2. The second kappa shape index (κ2) is 8.14. The van der Waals surface area contributed by atoms with Crippen molar-refractivity contribution in [2.45, 2.75) is 39.5 Å². The Bertz CT molecular complexity index is 527. The number of amides is 2. The molecule has 0 bridgehead atoms. The van der Waals surface area contributed by atoms with Crippen LogP contribution in [0.4, 0.5) is 0 Å². The summed E-state index contributed by atoms with van der Waals surface area (Å²) < 4.78 is 0. The lowest BCUT2D eigenvalue weighted by Gasteiger charge is -2.32. The number of hydrogen-bond acceptors (Lipinski definition) is 2. The van der Waals surface area contributed by atoms with Crippen molar-refractivity contribution in [1.82, 2.24) is 10.2 Å². The van der Waals surface area contributed by atoms with Crippen LogP contribution in [-0.2, 0) is 9.59 Å².